The molecule has 2 nitrogen and oxygen atoms in total. The Balaban J connectivity index is 2.10. The minimum absolute atomic E-state index is 0.265. The molecule has 2 unspecified atom stereocenters. The van der Waals surface area contributed by atoms with E-state index in [1.54, 1.807) is 18.4 Å². The second-order valence-corrected chi connectivity index (χ2v) is 7.29. The zero-order valence-corrected chi connectivity index (χ0v) is 15.6. The fraction of sp³-hybridized carbons (Fsp3) is 0.333. The van der Waals surface area contributed by atoms with Crippen LogP contribution in [0.2, 0.25) is 0 Å². The van der Waals surface area contributed by atoms with E-state index in [0.717, 1.165) is 10.2 Å². The third-order valence-electron chi connectivity index (χ3n) is 3.21. The van der Waals surface area contributed by atoms with Gasteiger partial charge in [0, 0.05) is 21.4 Å². The van der Waals surface area contributed by atoms with Crippen LogP contribution in [-0.2, 0) is 0 Å². The lowest BCUT2D eigenvalue weighted by atomic mass is 10.1. The van der Waals surface area contributed by atoms with E-state index < -0.39 is 0 Å². The number of hydrogen-bond acceptors (Lipinski definition) is 3. The summed E-state index contributed by atoms with van der Waals surface area (Å²) in [6.45, 7) is 4.36. The van der Waals surface area contributed by atoms with Gasteiger partial charge in [0.25, 0.3) is 0 Å². The van der Waals surface area contributed by atoms with Crippen molar-refractivity contribution in [1.82, 2.24) is 5.32 Å². The van der Waals surface area contributed by atoms with E-state index in [4.69, 9.17) is 4.74 Å². The first kappa shape index (κ1) is 16.0. The van der Waals surface area contributed by atoms with E-state index in [0.29, 0.717) is 6.04 Å². The van der Waals surface area contributed by atoms with Crippen molar-refractivity contribution in [2.75, 3.05) is 7.11 Å². The molecule has 20 heavy (non-hydrogen) atoms. The quantitative estimate of drug-likeness (QED) is 0.672. The summed E-state index contributed by atoms with van der Waals surface area (Å²) in [6.07, 6.45) is 0. The molecule has 0 radical (unpaired) electrons. The molecule has 0 aliphatic carbocycles. The first-order valence-corrected chi connectivity index (χ1v) is 8.82. The minimum Gasteiger partial charge on any atom is -0.496 e. The Bertz CT molecular complexity index is 585. The number of ether oxygens (including phenoxy) is 1. The van der Waals surface area contributed by atoms with Gasteiger partial charge < -0.3 is 10.1 Å². The van der Waals surface area contributed by atoms with Crippen LogP contribution in [0, 0.1) is 0 Å². The van der Waals surface area contributed by atoms with Crippen molar-refractivity contribution in [2.24, 2.45) is 0 Å². The molecule has 0 bridgehead atoms. The van der Waals surface area contributed by atoms with Gasteiger partial charge in [0.1, 0.15) is 5.75 Å². The van der Waals surface area contributed by atoms with Crippen LogP contribution in [0.5, 0.6) is 5.75 Å². The van der Waals surface area contributed by atoms with Crippen LogP contribution in [0.1, 0.15) is 36.4 Å². The molecule has 2 atom stereocenters. The predicted octanol–water partition coefficient (Wildman–Crippen LogP) is 5.69. The molecule has 1 aromatic carbocycles. The molecule has 0 fully saturated rings. The van der Waals surface area contributed by atoms with E-state index in [2.05, 4.69) is 74.6 Å². The van der Waals surface area contributed by atoms with E-state index >= 15 is 0 Å². The van der Waals surface area contributed by atoms with Gasteiger partial charge in [-0.1, -0.05) is 6.07 Å². The molecule has 1 heterocycles. The third-order valence-corrected chi connectivity index (χ3v) is 5.89. The lowest BCUT2D eigenvalue weighted by Crippen LogP contribution is -2.22. The summed E-state index contributed by atoms with van der Waals surface area (Å²) in [5.74, 6) is 0.856. The first-order chi connectivity index (χ1) is 9.52. The van der Waals surface area contributed by atoms with Crippen LogP contribution >= 0.6 is 43.2 Å². The molecule has 2 aromatic rings. The topological polar surface area (TPSA) is 21.3 Å². The monoisotopic (exact) mass is 417 g/mol. The van der Waals surface area contributed by atoms with Crippen LogP contribution in [0.25, 0.3) is 0 Å². The van der Waals surface area contributed by atoms with Gasteiger partial charge in [0.15, 0.2) is 0 Å². The van der Waals surface area contributed by atoms with Crippen molar-refractivity contribution in [3.05, 3.63) is 49.0 Å². The van der Waals surface area contributed by atoms with Gasteiger partial charge in [0.05, 0.1) is 11.6 Å². The summed E-state index contributed by atoms with van der Waals surface area (Å²) < 4.78 is 7.42. The molecule has 2 rings (SSSR count). The average Bonchev–Trinajstić information content (AvgIpc) is 2.84. The van der Waals surface area contributed by atoms with Crippen molar-refractivity contribution >= 4 is 43.2 Å². The third kappa shape index (κ3) is 3.64. The lowest BCUT2D eigenvalue weighted by Gasteiger charge is -2.20. The predicted molar refractivity (Wildman–Crippen MR) is 92.7 cm³/mol. The summed E-state index contributed by atoms with van der Waals surface area (Å²) in [5.41, 5.74) is 1.23. The highest BCUT2D eigenvalue weighted by atomic mass is 79.9. The van der Waals surface area contributed by atoms with Crippen LogP contribution in [0.4, 0.5) is 0 Å². The Morgan fingerprint density at radius 3 is 2.40 bits per heavy atom. The average molecular weight is 419 g/mol. The zero-order chi connectivity index (χ0) is 14.7. The van der Waals surface area contributed by atoms with E-state index in [1.165, 1.54) is 14.9 Å². The molecule has 0 amide bonds. The minimum atomic E-state index is 0.265. The van der Waals surface area contributed by atoms with E-state index in [1.807, 2.05) is 6.07 Å². The van der Waals surface area contributed by atoms with Gasteiger partial charge in [0.2, 0.25) is 0 Å². The fourth-order valence-electron chi connectivity index (χ4n) is 2.11. The van der Waals surface area contributed by atoms with Crippen LogP contribution in [0.15, 0.2) is 38.6 Å². The molecule has 1 aromatic heterocycles. The van der Waals surface area contributed by atoms with Gasteiger partial charge in [-0.05, 0) is 74.8 Å². The molecule has 0 spiro atoms. The molecular weight excluding hydrogens is 402 g/mol. The standard InChI is InChI=1S/C15H17Br2NOS/c1-9(11-4-5-14(19-3)13(17)8-11)18-10(2)15-12(16)6-7-20-15/h4-10,18H,1-3H3. The van der Waals surface area contributed by atoms with Crippen LogP contribution in [0.3, 0.4) is 0 Å². The number of nitrogens with one attached hydrogen (secondary N) is 1. The molecule has 0 aliphatic heterocycles. The Kier molecular flexibility index (Phi) is 5.66. The summed E-state index contributed by atoms with van der Waals surface area (Å²) in [4.78, 5) is 1.32. The van der Waals surface area contributed by atoms with Crippen molar-refractivity contribution in [3.63, 3.8) is 0 Å². The molecular formula is C15H17Br2NOS. The number of halogens is 2. The van der Waals surface area contributed by atoms with Gasteiger partial charge in [-0.3, -0.25) is 0 Å². The van der Waals surface area contributed by atoms with E-state index in [-0.39, 0.29) is 6.04 Å². The maximum atomic E-state index is 5.26. The number of methoxy groups -OCH3 is 1. The summed E-state index contributed by atoms with van der Waals surface area (Å²) >= 11 is 8.89. The Hall–Kier alpha value is -0.360. The van der Waals surface area contributed by atoms with Gasteiger partial charge in [-0.2, -0.15) is 0 Å². The molecule has 1 N–H and O–H groups in total. The van der Waals surface area contributed by atoms with Gasteiger partial charge >= 0.3 is 0 Å². The zero-order valence-electron chi connectivity index (χ0n) is 11.6. The normalized spacial score (nSPS) is 14.1. The Morgan fingerprint density at radius 1 is 1.10 bits per heavy atom. The Morgan fingerprint density at radius 2 is 1.85 bits per heavy atom. The number of hydrogen-bond donors (Lipinski definition) is 1. The highest BCUT2D eigenvalue weighted by Crippen LogP contribution is 2.32. The highest BCUT2D eigenvalue weighted by Gasteiger charge is 2.15. The summed E-state index contributed by atoms with van der Waals surface area (Å²) in [5, 5.41) is 5.73. The molecule has 0 saturated heterocycles. The second kappa shape index (κ2) is 7.07. The molecule has 108 valence electrons. The number of rotatable bonds is 5. The smallest absolute Gasteiger partial charge is 0.133 e. The SMILES string of the molecule is COc1ccc(C(C)NC(C)c2sccc2Br)cc1Br. The molecule has 0 aliphatic rings. The Labute approximate surface area is 140 Å². The van der Waals surface area contributed by atoms with Gasteiger partial charge in [-0.15, -0.1) is 11.3 Å². The molecule has 5 heteroatoms. The maximum Gasteiger partial charge on any atom is 0.133 e. The summed E-state index contributed by atoms with van der Waals surface area (Å²) in [6, 6.07) is 8.85. The fourth-order valence-corrected chi connectivity index (χ4v) is 4.41. The van der Waals surface area contributed by atoms with Crippen LogP contribution < -0.4 is 10.1 Å². The van der Waals surface area contributed by atoms with Crippen LogP contribution in [-0.4, -0.2) is 7.11 Å². The van der Waals surface area contributed by atoms with E-state index in [9.17, 15) is 0 Å². The van der Waals surface area contributed by atoms with Crippen molar-refractivity contribution in [2.45, 2.75) is 25.9 Å². The van der Waals surface area contributed by atoms with Gasteiger partial charge in [-0.25, -0.2) is 0 Å². The highest BCUT2D eigenvalue weighted by molar-refractivity contribution is 9.10. The second-order valence-electron chi connectivity index (χ2n) is 4.64. The summed E-state index contributed by atoms with van der Waals surface area (Å²) in [7, 11) is 1.68. The molecule has 0 saturated carbocycles. The maximum absolute atomic E-state index is 5.26. The van der Waals surface area contributed by atoms with Crippen molar-refractivity contribution in [1.29, 1.82) is 0 Å². The largest absolute Gasteiger partial charge is 0.496 e. The number of thiophene rings is 1. The lowest BCUT2D eigenvalue weighted by molar-refractivity contribution is 0.411. The number of benzene rings is 1. The van der Waals surface area contributed by atoms with Crippen molar-refractivity contribution in [3.8, 4) is 5.75 Å². The van der Waals surface area contributed by atoms with Crippen molar-refractivity contribution < 1.29 is 4.74 Å². The first-order valence-electron chi connectivity index (χ1n) is 6.35.